The van der Waals surface area contributed by atoms with Crippen molar-refractivity contribution in [3.05, 3.63) is 29.8 Å². The Kier molecular flexibility index (Phi) is 7.85. The highest BCUT2D eigenvalue weighted by Crippen LogP contribution is 2.36. The number of tetrazole rings is 1. The van der Waals surface area contributed by atoms with E-state index in [1.165, 1.54) is 24.6 Å². The number of carbonyl (C=O) groups excluding carboxylic acids is 2. The van der Waals surface area contributed by atoms with Gasteiger partial charge in [0.2, 0.25) is 11.1 Å². The smallest absolute Gasteiger partial charge is 0.269 e. The van der Waals surface area contributed by atoms with Crippen molar-refractivity contribution in [2.24, 2.45) is 0 Å². The molecule has 2 aromatic rings. The molecule has 2 N–H and O–H groups in total. The summed E-state index contributed by atoms with van der Waals surface area (Å²) in [6, 6.07) is 7.19. The highest BCUT2D eigenvalue weighted by Gasteiger charge is 2.28. The average Bonchev–Trinajstić information content (AvgIpc) is 3.48. The lowest BCUT2D eigenvalue weighted by Crippen LogP contribution is -2.42. The van der Waals surface area contributed by atoms with Crippen LogP contribution in [0, 0.1) is 0 Å². The number of benzene rings is 1. The minimum absolute atomic E-state index is 0.109. The van der Waals surface area contributed by atoms with Gasteiger partial charge in [0.15, 0.2) is 0 Å². The van der Waals surface area contributed by atoms with E-state index in [2.05, 4.69) is 33.3 Å². The quantitative estimate of drug-likeness (QED) is 0.328. The van der Waals surface area contributed by atoms with Gasteiger partial charge in [0.05, 0.1) is 18.4 Å². The molecule has 1 fully saturated rings. The maximum Gasteiger partial charge on any atom is 0.269 e. The molecule has 1 aliphatic carbocycles. The van der Waals surface area contributed by atoms with Gasteiger partial charge in [-0.15, -0.1) is 5.10 Å². The van der Waals surface area contributed by atoms with E-state index in [9.17, 15) is 9.59 Å². The fourth-order valence-electron chi connectivity index (χ4n) is 2.61. The normalized spacial score (nSPS) is 13.1. The first kappa shape index (κ1) is 21.1. The monoisotopic (exact) mass is 418 g/mol. The molecule has 0 bridgehead atoms. The number of aromatic nitrogens is 4. The number of amides is 2. The Hall–Kier alpha value is -2.62. The number of nitrogens with zero attached hydrogens (tertiary/aromatic N) is 4. The Morgan fingerprint density at radius 3 is 2.69 bits per heavy atom. The minimum Gasteiger partial charge on any atom is -0.494 e. The summed E-state index contributed by atoms with van der Waals surface area (Å²) in [4.78, 5) is 24.1. The summed E-state index contributed by atoms with van der Waals surface area (Å²) in [7, 11) is 0. The Labute approximate surface area is 173 Å². The summed E-state index contributed by atoms with van der Waals surface area (Å²) < 4.78 is 7.40. The van der Waals surface area contributed by atoms with Crippen LogP contribution in [0.15, 0.2) is 29.4 Å². The molecule has 0 saturated heterocycles. The van der Waals surface area contributed by atoms with Crippen LogP contribution in [-0.2, 0) is 4.79 Å². The number of thioether (sulfide) groups is 1. The van der Waals surface area contributed by atoms with Crippen molar-refractivity contribution in [1.82, 2.24) is 31.1 Å². The predicted octanol–water partition coefficient (Wildman–Crippen LogP) is 2.52. The molecule has 1 saturated carbocycles. The lowest BCUT2D eigenvalue weighted by molar-refractivity contribution is -0.119. The van der Waals surface area contributed by atoms with Crippen LogP contribution in [0.5, 0.6) is 5.75 Å². The van der Waals surface area contributed by atoms with Crippen LogP contribution in [0.3, 0.4) is 0 Å². The molecular weight excluding hydrogens is 392 g/mol. The van der Waals surface area contributed by atoms with Gasteiger partial charge in [0.1, 0.15) is 5.75 Å². The molecule has 1 aromatic heterocycles. The predicted molar refractivity (Wildman–Crippen MR) is 108 cm³/mol. The van der Waals surface area contributed by atoms with Crippen molar-refractivity contribution in [3.8, 4) is 5.75 Å². The highest BCUT2D eigenvalue weighted by atomic mass is 32.2. The van der Waals surface area contributed by atoms with Crippen molar-refractivity contribution >= 4 is 23.6 Å². The molecule has 2 amide bonds. The van der Waals surface area contributed by atoms with E-state index in [-0.39, 0.29) is 17.6 Å². The third-order valence-corrected chi connectivity index (χ3v) is 5.32. The molecule has 9 nitrogen and oxygen atoms in total. The number of rotatable bonds is 11. The molecule has 29 heavy (non-hydrogen) atoms. The Balaban J connectivity index is 1.36. The molecule has 0 radical (unpaired) electrons. The first-order valence-corrected chi connectivity index (χ1v) is 10.9. The third kappa shape index (κ3) is 6.74. The van der Waals surface area contributed by atoms with Crippen LogP contribution in [0.4, 0.5) is 0 Å². The zero-order valence-electron chi connectivity index (χ0n) is 16.5. The average molecular weight is 419 g/mol. The van der Waals surface area contributed by atoms with E-state index in [1.807, 2.05) is 0 Å². The van der Waals surface area contributed by atoms with E-state index in [4.69, 9.17) is 4.74 Å². The summed E-state index contributed by atoms with van der Waals surface area (Å²) >= 11 is 1.24. The molecule has 1 aromatic carbocycles. The van der Waals surface area contributed by atoms with E-state index in [1.54, 1.807) is 28.9 Å². The molecule has 0 unspecified atom stereocenters. The molecule has 1 aliphatic rings. The molecule has 10 heteroatoms. The SMILES string of the molecule is CCCCCCOc1ccc(C(=O)NNC(=O)CSc2nnnn2C2CC2)cc1. The van der Waals surface area contributed by atoms with E-state index in [0.717, 1.165) is 31.4 Å². The maximum atomic E-state index is 12.2. The summed E-state index contributed by atoms with van der Waals surface area (Å²) in [5.74, 6) is 0.117. The molecular formula is C19H26N6O3S. The summed E-state index contributed by atoms with van der Waals surface area (Å²) in [6.45, 7) is 2.84. The van der Waals surface area contributed by atoms with Crippen molar-refractivity contribution in [3.63, 3.8) is 0 Å². The Morgan fingerprint density at radius 2 is 1.97 bits per heavy atom. The van der Waals surface area contributed by atoms with Crippen molar-refractivity contribution in [2.45, 2.75) is 56.6 Å². The van der Waals surface area contributed by atoms with Gasteiger partial charge in [-0.2, -0.15) is 0 Å². The number of unbranched alkanes of at least 4 members (excludes halogenated alkanes) is 3. The Morgan fingerprint density at radius 1 is 1.17 bits per heavy atom. The number of hydrogen-bond donors (Lipinski definition) is 2. The van der Waals surface area contributed by atoms with Gasteiger partial charge in [0.25, 0.3) is 5.91 Å². The van der Waals surface area contributed by atoms with Crippen molar-refractivity contribution < 1.29 is 14.3 Å². The first-order valence-electron chi connectivity index (χ1n) is 9.90. The molecule has 156 valence electrons. The van der Waals surface area contributed by atoms with E-state index in [0.29, 0.717) is 23.4 Å². The molecule has 1 heterocycles. The van der Waals surface area contributed by atoms with Crippen LogP contribution in [0.2, 0.25) is 0 Å². The molecule has 0 atom stereocenters. The number of nitrogens with one attached hydrogen (secondary N) is 2. The van der Waals surface area contributed by atoms with Crippen molar-refractivity contribution in [2.75, 3.05) is 12.4 Å². The summed E-state index contributed by atoms with van der Waals surface area (Å²) in [5, 5.41) is 12.1. The third-order valence-electron chi connectivity index (χ3n) is 4.39. The second-order valence-electron chi connectivity index (χ2n) is 6.86. The highest BCUT2D eigenvalue weighted by molar-refractivity contribution is 7.99. The zero-order chi connectivity index (χ0) is 20.5. The first-order chi connectivity index (χ1) is 14.2. The zero-order valence-corrected chi connectivity index (χ0v) is 17.3. The second kappa shape index (κ2) is 10.8. The van der Waals surface area contributed by atoms with E-state index >= 15 is 0 Å². The second-order valence-corrected chi connectivity index (χ2v) is 7.80. The number of carbonyl (C=O) groups is 2. The Bertz CT molecular complexity index is 807. The van der Waals surface area contributed by atoms with Crippen LogP contribution >= 0.6 is 11.8 Å². The lowest BCUT2D eigenvalue weighted by Gasteiger charge is -2.09. The fraction of sp³-hybridized carbons (Fsp3) is 0.526. The van der Waals surface area contributed by atoms with Gasteiger partial charge in [-0.05, 0) is 54.0 Å². The lowest BCUT2D eigenvalue weighted by atomic mass is 10.2. The molecule has 0 spiro atoms. The van der Waals surface area contributed by atoms with E-state index < -0.39 is 0 Å². The van der Waals surface area contributed by atoms with Gasteiger partial charge in [-0.25, -0.2) is 4.68 Å². The number of ether oxygens (including phenoxy) is 1. The molecule has 0 aliphatic heterocycles. The standard InChI is InChI=1S/C19H26N6O3S/c1-2-3-4-5-12-28-16-10-6-14(7-11-16)18(27)21-20-17(26)13-29-19-22-23-24-25(19)15-8-9-15/h6-7,10-11,15H,2-5,8-9,12-13H2,1H3,(H,20,26)(H,21,27). The van der Waals surface area contributed by atoms with Crippen molar-refractivity contribution in [1.29, 1.82) is 0 Å². The summed E-state index contributed by atoms with van der Waals surface area (Å²) in [6.07, 6.45) is 6.70. The van der Waals surface area contributed by atoms with Gasteiger partial charge in [0, 0.05) is 5.56 Å². The molecule has 3 rings (SSSR count). The fourth-order valence-corrected chi connectivity index (χ4v) is 3.36. The topological polar surface area (TPSA) is 111 Å². The number of hydrogen-bond acceptors (Lipinski definition) is 7. The van der Waals surface area contributed by atoms with Gasteiger partial charge >= 0.3 is 0 Å². The van der Waals surface area contributed by atoms with Gasteiger partial charge < -0.3 is 4.74 Å². The number of hydrazine groups is 1. The van der Waals surface area contributed by atoms with Gasteiger partial charge in [-0.1, -0.05) is 37.9 Å². The minimum atomic E-state index is -0.388. The largest absolute Gasteiger partial charge is 0.494 e. The van der Waals surface area contributed by atoms with Crippen LogP contribution < -0.4 is 15.6 Å². The van der Waals surface area contributed by atoms with Crippen LogP contribution in [-0.4, -0.2) is 44.4 Å². The maximum absolute atomic E-state index is 12.2. The summed E-state index contributed by atoms with van der Waals surface area (Å²) in [5.41, 5.74) is 5.26. The van der Waals surface area contributed by atoms with Crippen LogP contribution in [0.1, 0.15) is 61.8 Å². The van der Waals surface area contributed by atoms with Gasteiger partial charge in [-0.3, -0.25) is 20.4 Å². The van der Waals surface area contributed by atoms with Crippen LogP contribution in [0.25, 0.3) is 0 Å².